The molecule has 3 nitrogen and oxygen atoms in total. The Kier molecular flexibility index (Phi) is 1.96. The van der Waals surface area contributed by atoms with E-state index in [0.717, 1.165) is 10.8 Å². The van der Waals surface area contributed by atoms with E-state index in [0.29, 0.717) is 17.5 Å². The second kappa shape index (κ2) is 3.27. The van der Waals surface area contributed by atoms with E-state index >= 15 is 0 Å². The molecular formula is C11H6N2O. The van der Waals surface area contributed by atoms with Gasteiger partial charge in [-0.3, -0.25) is 9.78 Å². The molecule has 0 unspecified atom stereocenters. The molecule has 2 aromatic rings. The van der Waals surface area contributed by atoms with Gasteiger partial charge in [0.05, 0.1) is 11.6 Å². The van der Waals surface area contributed by atoms with Crippen LogP contribution in [0.5, 0.6) is 0 Å². The highest BCUT2D eigenvalue weighted by molar-refractivity contribution is 5.98. The summed E-state index contributed by atoms with van der Waals surface area (Å²) in [6, 6.07) is 9.06. The zero-order chi connectivity index (χ0) is 9.97. The van der Waals surface area contributed by atoms with Crippen molar-refractivity contribution in [2.24, 2.45) is 0 Å². The Morgan fingerprint density at radius 3 is 2.86 bits per heavy atom. The minimum absolute atomic E-state index is 0.375. The van der Waals surface area contributed by atoms with E-state index in [9.17, 15) is 4.79 Å². The van der Waals surface area contributed by atoms with Crippen LogP contribution in [0.2, 0.25) is 0 Å². The third kappa shape index (κ3) is 1.14. The fourth-order valence-electron chi connectivity index (χ4n) is 1.42. The summed E-state index contributed by atoms with van der Waals surface area (Å²) in [6.45, 7) is 0. The molecule has 0 radical (unpaired) electrons. The van der Waals surface area contributed by atoms with Crippen LogP contribution in [0, 0.1) is 11.3 Å². The molecule has 0 bridgehead atoms. The van der Waals surface area contributed by atoms with Gasteiger partial charge in [0.15, 0.2) is 6.29 Å². The lowest BCUT2D eigenvalue weighted by molar-refractivity contribution is 0.112. The van der Waals surface area contributed by atoms with Gasteiger partial charge < -0.3 is 0 Å². The van der Waals surface area contributed by atoms with Crippen molar-refractivity contribution in [3.8, 4) is 6.07 Å². The number of carbonyl (C=O) groups excluding carboxylic acids is 1. The van der Waals surface area contributed by atoms with Crippen molar-refractivity contribution in [3.63, 3.8) is 0 Å². The number of nitrogens with zero attached hydrogens (tertiary/aromatic N) is 2. The van der Waals surface area contributed by atoms with Gasteiger partial charge in [0.2, 0.25) is 0 Å². The van der Waals surface area contributed by atoms with Crippen LogP contribution >= 0.6 is 0 Å². The highest BCUT2D eigenvalue weighted by Crippen LogP contribution is 2.19. The van der Waals surface area contributed by atoms with E-state index in [1.807, 2.05) is 0 Å². The largest absolute Gasteiger partial charge is 0.296 e. The quantitative estimate of drug-likeness (QED) is 0.633. The summed E-state index contributed by atoms with van der Waals surface area (Å²) in [6.07, 6.45) is 2.23. The number of benzene rings is 1. The summed E-state index contributed by atoms with van der Waals surface area (Å²) in [4.78, 5) is 14.6. The van der Waals surface area contributed by atoms with Crippen LogP contribution in [-0.4, -0.2) is 11.3 Å². The minimum atomic E-state index is 0.375. The van der Waals surface area contributed by atoms with Crippen molar-refractivity contribution in [1.29, 1.82) is 5.26 Å². The highest BCUT2D eigenvalue weighted by Gasteiger charge is 2.03. The molecule has 3 heteroatoms. The SMILES string of the molecule is N#Cc1cccc2c(C=O)nccc12. The average Bonchev–Trinajstić information content (AvgIpc) is 2.27. The molecule has 0 saturated carbocycles. The Balaban J connectivity index is 2.93. The van der Waals surface area contributed by atoms with E-state index in [1.54, 1.807) is 24.3 Å². The molecule has 0 N–H and O–H groups in total. The minimum Gasteiger partial charge on any atom is -0.296 e. The standard InChI is InChI=1S/C11H6N2O/c12-6-8-2-1-3-10-9(8)4-5-13-11(10)7-14/h1-5,7H. The maximum atomic E-state index is 10.7. The predicted molar refractivity (Wildman–Crippen MR) is 51.8 cm³/mol. The summed E-state index contributed by atoms with van der Waals surface area (Å²) in [5.74, 6) is 0. The third-order valence-corrected chi connectivity index (χ3v) is 2.07. The molecule has 1 aromatic carbocycles. The van der Waals surface area contributed by atoms with E-state index in [2.05, 4.69) is 11.1 Å². The van der Waals surface area contributed by atoms with Crippen molar-refractivity contribution in [3.05, 3.63) is 41.7 Å². The maximum absolute atomic E-state index is 10.7. The smallest absolute Gasteiger partial charge is 0.169 e. The molecular weight excluding hydrogens is 176 g/mol. The number of aromatic nitrogens is 1. The van der Waals surface area contributed by atoms with Gasteiger partial charge in [0.25, 0.3) is 0 Å². The highest BCUT2D eigenvalue weighted by atomic mass is 16.1. The summed E-state index contributed by atoms with van der Waals surface area (Å²) in [5, 5.41) is 10.3. The van der Waals surface area contributed by atoms with E-state index < -0.39 is 0 Å². The molecule has 0 spiro atoms. The Morgan fingerprint density at radius 2 is 2.14 bits per heavy atom. The van der Waals surface area contributed by atoms with Crippen molar-refractivity contribution in [2.75, 3.05) is 0 Å². The van der Waals surface area contributed by atoms with Gasteiger partial charge in [-0.1, -0.05) is 12.1 Å². The first-order valence-corrected chi connectivity index (χ1v) is 4.10. The molecule has 0 aliphatic rings. The molecule has 0 saturated heterocycles. The van der Waals surface area contributed by atoms with Gasteiger partial charge in [-0.2, -0.15) is 5.26 Å². The first-order chi connectivity index (χ1) is 6.86. The lowest BCUT2D eigenvalue weighted by Gasteiger charge is -2.00. The molecule has 1 heterocycles. The molecule has 0 amide bonds. The molecule has 0 fully saturated rings. The first kappa shape index (κ1) is 8.39. The van der Waals surface area contributed by atoms with Crippen molar-refractivity contribution < 1.29 is 4.79 Å². The summed E-state index contributed by atoms with van der Waals surface area (Å²) in [5.41, 5.74) is 0.938. The van der Waals surface area contributed by atoms with Gasteiger partial charge in [-0.15, -0.1) is 0 Å². The number of rotatable bonds is 1. The lowest BCUT2D eigenvalue weighted by Crippen LogP contribution is -1.89. The van der Waals surface area contributed by atoms with Gasteiger partial charge in [0, 0.05) is 17.0 Å². The summed E-state index contributed by atoms with van der Waals surface area (Å²) >= 11 is 0. The maximum Gasteiger partial charge on any atom is 0.169 e. The molecule has 2 rings (SSSR count). The molecule has 1 aromatic heterocycles. The number of hydrogen-bond acceptors (Lipinski definition) is 3. The van der Waals surface area contributed by atoms with E-state index in [-0.39, 0.29) is 0 Å². The van der Waals surface area contributed by atoms with E-state index in [4.69, 9.17) is 5.26 Å². The number of carbonyl (C=O) groups is 1. The van der Waals surface area contributed by atoms with Crippen LogP contribution in [0.15, 0.2) is 30.5 Å². The number of hydrogen-bond donors (Lipinski definition) is 0. The Hall–Kier alpha value is -2.21. The Morgan fingerprint density at radius 1 is 1.29 bits per heavy atom. The zero-order valence-corrected chi connectivity index (χ0v) is 7.27. The van der Waals surface area contributed by atoms with Gasteiger partial charge in [0.1, 0.15) is 5.69 Å². The van der Waals surface area contributed by atoms with Crippen molar-refractivity contribution in [1.82, 2.24) is 4.98 Å². The molecule has 0 aliphatic carbocycles. The summed E-state index contributed by atoms with van der Waals surface area (Å²) < 4.78 is 0. The number of aldehydes is 1. The van der Waals surface area contributed by atoms with Crippen LogP contribution in [0.1, 0.15) is 16.1 Å². The van der Waals surface area contributed by atoms with Crippen LogP contribution in [0.25, 0.3) is 10.8 Å². The lowest BCUT2D eigenvalue weighted by atomic mass is 10.1. The van der Waals surface area contributed by atoms with Crippen molar-refractivity contribution in [2.45, 2.75) is 0 Å². The number of pyridine rings is 1. The number of nitriles is 1. The third-order valence-electron chi connectivity index (χ3n) is 2.07. The van der Waals surface area contributed by atoms with E-state index in [1.165, 1.54) is 6.20 Å². The van der Waals surface area contributed by atoms with Gasteiger partial charge >= 0.3 is 0 Å². The molecule has 0 aliphatic heterocycles. The molecule has 66 valence electrons. The first-order valence-electron chi connectivity index (χ1n) is 4.10. The van der Waals surface area contributed by atoms with Crippen LogP contribution in [0.3, 0.4) is 0 Å². The van der Waals surface area contributed by atoms with Gasteiger partial charge in [-0.05, 0) is 12.1 Å². The normalized spacial score (nSPS) is 9.64. The second-order valence-electron chi connectivity index (χ2n) is 2.83. The monoisotopic (exact) mass is 182 g/mol. The predicted octanol–water partition coefficient (Wildman–Crippen LogP) is 1.92. The number of fused-ring (bicyclic) bond motifs is 1. The molecule has 14 heavy (non-hydrogen) atoms. The second-order valence-corrected chi connectivity index (χ2v) is 2.83. The molecule has 0 atom stereocenters. The average molecular weight is 182 g/mol. The summed E-state index contributed by atoms with van der Waals surface area (Å²) in [7, 11) is 0. The van der Waals surface area contributed by atoms with Crippen LogP contribution in [-0.2, 0) is 0 Å². The fourth-order valence-corrected chi connectivity index (χ4v) is 1.42. The van der Waals surface area contributed by atoms with Gasteiger partial charge in [-0.25, -0.2) is 0 Å². The zero-order valence-electron chi connectivity index (χ0n) is 7.27. The Labute approximate surface area is 80.6 Å². The van der Waals surface area contributed by atoms with Crippen molar-refractivity contribution >= 4 is 17.1 Å². The van der Waals surface area contributed by atoms with Crippen LogP contribution < -0.4 is 0 Å². The Bertz CT molecular complexity index is 540. The van der Waals surface area contributed by atoms with Crippen LogP contribution in [0.4, 0.5) is 0 Å². The fraction of sp³-hybridized carbons (Fsp3) is 0. The topological polar surface area (TPSA) is 53.8 Å².